The first-order valence-electron chi connectivity index (χ1n) is 4.61. The zero-order chi connectivity index (χ0) is 13.4. The van der Waals surface area contributed by atoms with Gasteiger partial charge in [-0.3, -0.25) is 4.79 Å². The first kappa shape index (κ1) is 13.0. The van der Waals surface area contributed by atoms with Gasteiger partial charge in [0.1, 0.15) is 0 Å². The Labute approximate surface area is 109 Å². The average molecular weight is 290 g/mol. The fourth-order valence-corrected chi connectivity index (χ4v) is 2.43. The molecule has 0 atom stereocenters. The highest BCUT2D eigenvalue weighted by Crippen LogP contribution is 2.36. The highest BCUT2D eigenvalue weighted by molar-refractivity contribution is 7.97. The van der Waals surface area contributed by atoms with E-state index in [1.807, 2.05) is 0 Å². The van der Waals surface area contributed by atoms with Crippen molar-refractivity contribution in [2.75, 3.05) is 0 Å². The number of thiol groups is 1. The predicted octanol–water partition coefficient (Wildman–Crippen LogP) is 3.61. The molecule has 2 aromatic rings. The number of thiophene rings is 1. The van der Waals surface area contributed by atoms with Crippen molar-refractivity contribution in [1.29, 1.82) is 0 Å². The first-order valence-corrected chi connectivity index (χ1v) is 5.88. The Bertz CT molecular complexity index is 637. The van der Waals surface area contributed by atoms with Crippen molar-refractivity contribution in [2.24, 2.45) is 0 Å². The Morgan fingerprint density at radius 1 is 1.22 bits per heavy atom. The molecule has 1 heterocycles. The van der Waals surface area contributed by atoms with Gasteiger partial charge in [0, 0.05) is 10.4 Å². The Balaban J connectivity index is 2.60. The number of phenolic OH excluding ortho intramolecular Hbond substituents is 1. The van der Waals surface area contributed by atoms with E-state index in [0.717, 1.165) is 11.3 Å². The number of rotatable bonds is 2. The van der Waals surface area contributed by atoms with Gasteiger partial charge in [-0.15, -0.1) is 11.3 Å². The van der Waals surface area contributed by atoms with Crippen LogP contribution in [0.25, 0.3) is 10.4 Å². The van der Waals surface area contributed by atoms with Gasteiger partial charge in [-0.05, 0) is 18.2 Å². The quantitative estimate of drug-likeness (QED) is 0.655. The fraction of sp³-hybridized carbons (Fsp3) is 0. The van der Waals surface area contributed by atoms with Gasteiger partial charge in [0.2, 0.25) is 10.9 Å². The number of carbonyl (C=O) groups is 1. The summed E-state index contributed by atoms with van der Waals surface area (Å²) in [6.45, 7) is 0. The number of benzene rings is 1. The lowest BCUT2D eigenvalue weighted by Gasteiger charge is -2.04. The molecule has 0 unspecified atom stereocenters. The SMILES string of the molecule is O=C(S)c1ccc(-c2cc(F)c(F)c(O)c2F)s1. The maximum absolute atomic E-state index is 13.6. The molecule has 7 heteroatoms. The molecule has 2 nitrogen and oxygen atoms in total. The first-order chi connectivity index (χ1) is 8.41. The van der Waals surface area contributed by atoms with E-state index < -0.39 is 28.3 Å². The van der Waals surface area contributed by atoms with E-state index in [4.69, 9.17) is 5.11 Å². The number of halogens is 3. The van der Waals surface area contributed by atoms with Crippen LogP contribution in [0.1, 0.15) is 9.67 Å². The third-order valence-corrected chi connectivity index (χ3v) is 3.72. The summed E-state index contributed by atoms with van der Waals surface area (Å²) < 4.78 is 39.6. The molecule has 1 aromatic heterocycles. The van der Waals surface area contributed by atoms with Crippen LogP contribution in [0, 0.1) is 17.5 Å². The number of hydrogen-bond donors (Lipinski definition) is 2. The summed E-state index contributed by atoms with van der Waals surface area (Å²) >= 11 is 4.46. The third kappa shape index (κ3) is 2.11. The van der Waals surface area contributed by atoms with Crippen molar-refractivity contribution in [3.8, 4) is 16.2 Å². The minimum atomic E-state index is -1.64. The normalized spacial score (nSPS) is 10.7. The molecule has 1 aromatic carbocycles. The van der Waals surface area contributed by atoms with E-state index in [1.165, 1.54) is 12.1 Å². The van der Waals surface area contributed by atoms with Crippen molar-refractivity contribution < 1.29 is 23.1 Å². The van der Waals surface area contributed by atoms with Gasteiger partial charge in [0.05, 0.1) is 4.88 Å². The highest BCUT2D eigenvalue weighted by Gasteiger charge is 2.20. The lowest BCUT2D eigenvalue weighted by Crippen LogP contribution is -1.92. The molecule has 2 rings (SSSR count). The van der Waals surface area contributed by atoms with Crippen LogP contribution in [0.4, 0.5) is 13.2 Å². The molecule has 18 heavy (non-hydrogen) atoms. The van der Waals surface area contributed by atoms with Gasteiger partial charge in [-0.25, -0.2) is 8.78 Å². The van der Waals surface area contributed by atoms with Crippen LogP contribution in [0.15, 0.2) is 18.2 Å². The van der Waals surface area contributed by atoms with E-state index >= 15 is 0 Å². The second-order valence-corrected chi connectivity index (χ2v) is 4.84. The fourth-order valence-electron chi connectivity index (χ4n) is 1.37. The Kier molecular flexibility index (Phi) is 3.36. The monoisotopic (exact) mass is 290 g/mol. The Hall–Kier alpha value is -1.47. The molecule has 0 aliphatic heterocycles. The van der Waals surface area contributed by atoms with Crippen molar-refractivity contribution in [3.05, 3.63) is 40.5 Å². The molecular formula is C11H5F3O2S2. The number of aromatic hydroxyl groups is 1. The Morgan fingerprint density at radius 2 is 1.89 bits per heavy atom. The van der Waals surface area contributed by atoms with E-state index in [1.54, 1.807) is 0 Å². The molecule has 0 spiro atoms. The molecular weight excluding hydrogens is 285 g/mol. The summed E-state index contributed by atoms with van der Waals surface area (Å²) in [6.07, 6.45) is 0. The lowest BCUT2D eigenvalue weighted by atomic mass is 10.1. The van der Waals surface area contributed by atoms with Gasteiger partial charge < -0.3 is 5.11 Å². The molecule has 0 aliphatic carbocycles. The summed E-state index contributed by atoms with van der Waals surface area (Å²) in [5.74, 6) is -5.65. The Morgan fingerprint density at radius 3 is 2.44 bits per heavy atom. The van der Waals surface area contributed by atoms with Crippen molar-refractivity contribution in [3.63, 3.8) is 0 Å². The number of hydrogen-bond acceptors (Lipinski definition) is 3. The third-order valence-electron chi connectivity index (χ3n) is 2.22. The molecule has 0 saturated heterocycles. The van der Waals surface area contributed by atoms with Crippen LogP contribution < -0.4 is 0 Å². The standard InChI is InChI=1S/C11H5F3O2S2/c12-5-3-4(8(13)10(15)9(5)14)6-1-2-7(18-6)11(16)17/h1-3,15H,(H,16,17). The molecule has 0 bridgehead atoms. The molecule has 0 aliphatic rings. The van der Waals surface area contributed by atoms with Crippen LogP contribution in [-0.2, 0) is 0 Å². The molecule has 0 amide bonds. The van der Waals surface area contributed by atoms with Crippen molar-refractivity contribution in [1.82, 2.24) is 0 Å². The second-order valence-electron chi connectivity index (χ2n) is 3.35. The number of carbonyl (C=O) groups excluding carboxylic acids is 1. The van der Waals surface area contributed by atoms with Crippen LogP contribution in [-0.4, -0.2) is 10.2 Å². The summed E-state index contributed by atoms with van der Waals surface area (Å²) in [5, 5.41) is 8.56. The van der Waals surface area contributed by atoms with Crippen molar-refractivity contribution in [2.45, 2.75) is 0 Å². The highest BCUT2D eigenvalue weighted by atomic mass is 32.1. The zero-order valence-electron chi connectivity index (χ0n) is 8.58. The molecule has 0 fully saturated rings. The van der Waals surface area contributed by atoms with E-state index in [2.05, 4.69) is 12.6 Å². The van der Waals surface area contributed by atoms with E-state index in [-0.39, 0.29) is 15.3 Å². The summed E-state index contributed by atoms with van der Waals surface area (Å²) in [7, 11) is 0. The molecule has 1 N–H and O–H groups in total. The molecule has 94 valence electrons. The van der Waals surface area contributed by atoms with Crippen LogP contribution in [0.2, 0.25) is 0 Å². The van der Waals surface area contributed by atoms with Crippen LogP contribution in [0.3, 0.4) is 0 Å². The van der Waals surface area contributed by atoms with E-state index in [0.29, 0.717) is 6.07 Å². The summed E-state index contributed by atoms with van der Waals surface area (Å²) in [6, 6.07) is 3.37. The smallest absolute Gasteiger partial charge is 0.226 e. The summed E-state index contributed by atoms with van der Waals surface area (Å²) in [4.78, 5) is 11.4. The van der Waals surface area contributed by atoms with Gasteiger partial charge in [0.25, 0.3) is 0 Å². The maximum atomic E-state index is 13.6. The van der Waals surface area contributed by atoms with Gasteiger partial charge in [0.15, 0.2) is 17.4 Å². The second kappa shape index (κ2) is 4.66. The van der Waals surface area contributed by atoms with Gasteiger partial charge >= 0.3 is 0 Å². The number of phenols is 1. The topological polar surface area (TPSA) is 37.3 Å². The van der Waals surface area contributed by atoms with Gasteiger partial charge in [-0.1, -0.05) is 12.6 Å². The van der Waals surface area contributed by atoms with E-state index in [9.17, 15) is 18.0 Å². The predicted molar refractivity (Wildman–Crippen MR) is 64.6 cm³/mol. The largest absolute Gasteiger partial charge is 0.503 e. The minimum Gasteiger partial charge on any atom is -0.503 e. The van der Waals surface area contributed by atoms with Crippen LogP contribution >= 0.6 is 24.0 Å². The average Bonchev–Trinajstić information content (AvgIpc) is 2.80. The molecule has 0 saturated carbocycles. The van der Waals surface area contributed by atoms with Crippen molar-refractivity contribution >= 4 is 29.1 Å². The van der Waals surface area contributed by atoms with Gasteiger partial charge in [-0.2, -0.15) is 4.39 Å². The summed E-state index contributed by atoms with van der Waals surface area (Å²) in [5.41, 5.74) is -0.308. The molecule has 0 radical (unpaired) electrons. The zero-order valence-corrected chi connectivity index (χ0v) is 10.3. The van der Waals surface area contributed by atoms with Crippen LogP contribution in [0.5, 0.6) is 5.75 Å². The minimum absolute atomic E-state index is 0.194. The lowest BCUT2D eigenvalue weighted by molar-refractivity contribution is 0.109. The maximum Gasteiger partial charge on any atom is 0.226 e.